The van der Waals surface area contributed by atoms with Gasteiger partial charge in [0.05, 0.1) is 19.2 Å². The van der Waals surface area contributed by atoms with Gasteiger partial charge in [-0.15, -0.1) is 0 Å². The van der Waals surface area contributed by atoms with E-state index in [1.807, 2.05) is 12.1 Å². The summed E-state index contributed by atoms with van der Waals surface area (Å²) in [5.74, 6) is 0.815. The molecule has 0 atom stereocenters. The molecular formula is C8H10N4O. The van der Waals surface area contributed by atoms with Crippen molar-refractivity contribution in [3.8, 4) is 0 Å². The summed E-state index contributed by atoms with van der Waals surface area (Å²) in [6.07, 6.45) is 1.72. The number of aromatic amines is 1. The zero-order valence-corrected chi connectivity index (χ0v) is 7.24. The molecular weight excluding hydrogens is 168 g/mol. The Hall–Kier alpha value is -1.46. The summed E-state index contributed by atoms with van der Waals surface area (Å²) in [5.41, 5.74) is 4.38. The summed E-state index contributed by atoms with van der Waals surface area (Å²) in [7, 11) is 1.57. The molecule has 0 bridgehead atoms. The van der Waals surface area contributed by atoms with Crippen LogP contribution in [0.3, 0.4) is 0 Å². The number of hydroxylamine groups is 1. The molecule has 0 unspecified atom stereocenters. The van der Waals surface area contributed by atoms with Gasteiger partial charge in [0.2, 0.25) is 0 Å². The Morgan fingerprint density at radius 3 is 3.31 bits per heavy atom. The fourth-order valence-corrected chi connectivity index (χ4v) is 1.12. The Bertz CT molecular complexity index is 365. The van der Waals surface area contributed by atoms with Crippen LogP contribution in [0, 0.1) is 0 Å². The second-order valence-corrected chi connectivity index (χ2v) is 2.58. The van der Waals surface area contributed by atoms with Crippen molar-refractivity contribution in [1.29, 1.82) is 0 Å². The molecule has 2 aromatic rings. The highest BCUT2D eigenvalue weighted by Gasteiger charge is 2.01. The van der Waals surface area contributed by atoms with Crippen LogP contribution in [0.2, 0.25) is 0 Å². The summed E-state index contributed by atoms with van der Waals surface area (Å²) < 4.78 is 0. The molecule has 68 valence electrons. The van der Waals surface area contributed by atoms with Crippen molar-refractivity contribution in [2.75, 3.05) is 7.11 Å². The molecule has 2 heterocycles. The fourth-order valence-electron chi connectivity index (χ4n) is 1.12. The number of imidazole rings is 1. The number of hydrogen-bond donors (Lipinski definition) is 2. The monoisotopic (exact) mass is 178 g/mol. The third kappa shape index (κ3) is 1.66. The largest absolute Gasteiger partial charge is 0.339 e. The molecule has 0 aliphatic carbocycles. The highest BCUT2D eigenvalue weighted by molar-refractivity contribution is 5.69. The summed E-state index contributed by atoms with van der Waals surface area (Å²) in [6, 6.07) is 3.81. The zero-order valence-electron chi connectivity index (χ0n) is 7.24. The van der Waals surface area contributed by atoms with Gasteiger partial charge in [-0.3, -0.25) is 0 Å². The fraction of sp³-hybridized carbons (Fsp3) is 0.250. The van der Waals surface area contributed by atoms with Crippen molar-refractivity contribution in [2.45, 2.75) is 6.54 Å². The molecule has 0 aliphatic rings. The predicted molar refractivity (Wildman–Crippen MR) is 47.7 cm³/mol. The van der Waals surface area contributed by atoms with Gasteiger partial charge in [0.25, 0.3) is 0 Å². The van der Waals surface area contributed by atoms with Crippen LogP contribution in [0.5, 0.6) is 0 Å². The molecule has 0 radical (unpaired) electrons. The van der Waals surface area contributed by atoms with Crippen molar-refractivity contribution in [3.05, 3.63) is 24.2 Å². The lowest BCUT2D eigenvalue weighted by Crippen LogP contribution is -2.11. The number of fused-ring (bicyclic) bond motifs is 1. The first-order valence-corrected chi connectivity index (χ1v) is 3.95. The quantitative estimate of drug-likeness (QED) is 0.676. The third-order valence-electron chi connectivity index (χ3n) is 1.69. The van der Waals surface area contributed by atoms with Crippen LogP contribution in [0.1, 0.15) is 5.82 Å². The molecule has 0 amide bonds. The maximum absolute atomic E-state index is 4.71. The maximum atomic E-state index is 4.71. The number of rotatable bonds is 3. The molecule has 0 saturated heterocycles. The van der Waals surface area contributed by atoms with Crippen LogP contribution < -0.4 is 5.48 Å². The van der Waals surface area contributed by atoms with E-state index < -0.39 is 0 Å². The average Bonchev–Trinajstić information content (AvgIpc) is 2.57. The van der Waals surface area contributed by atoms with Gasteiger partial charge in [-0.2, -0.15) is 5.48 Å². The van der Waals surface area contributed by atoms with E-state index in [0.717, 1.165) is 17.0 Å². The number of hydrogen-bond acceptors (Lipinski definition) is 4. The summed E-state index contributed by atoms with van der Waals surface area (Å²) in [5, 5.41) is 0. The van der Waals surface area contributed by atoms with Crippen LogP contribution in [0.4, 0.5) is 0 Å². The van der Waals surface area contributed by atoms with E-state index in [2.05, 4.69) is 20.4 Å². The van der Waals surface area contributed by atoms with E-state index in [1.54, 1.807) is 13.3 Å². The van der Waals surface area contributed by atoms with Crippen LogP contribution in [0.15, 0.2) is 18.3 Å². The summed E-state index contributed by atoms with van der Waals surface area (Å²) >= 11 is 0. The number of nitrogens with one attached hydrogen (secondary N) is 2. The van der Waals surface area contributed by atoms with Gasteiger partial charge in [-0.25, -0.2) is 9.97 Å². The Morgan fingerprint density at radius 1 is 1.62 bits per heavy atom. The molecule has 0 spiro atoms. The van der Waals surface area contributed by atoms with Crippen LogP contribution in [-0.4, -0.2) is 22.1 Å². The Morgan fingerprint density at radius 2 is 2.54 bits per heavy atom. The first kappa shape index (κ1) is 8.15. The van der Waals surface area contributed by atoms with Gasteiger partial charge in [0, 0.05) is 6.20 Å². The minimum atomic E-state index is 0.548. The molecule has 5 nitrogen and oxygen atoms in total. The predicted octanol–water partition coefficient (Wildman–Crippen LogP) is 0.609. The smallest absolute Gasteiger partial charge is 0.177 e. The average molecular weight is 178 g/mol. The van der Waals surface area contributed by atoms with Crippen molar-refractivity contribution in [2.24, 2.45) is 0 Å². The topological polar surface area (TPSA) is 62.8 Å². The lowest BCUT2D eigenvalue weighted by atomic mass is 10.4. The first-order chi connectivity index (χ1) is 6.40. The van der Waals surface area contributed by atoms with Crippen molar-refractivity contribution in [3.63, 3.8) is 0 Å². The minimum absolute atomic E-state index is 0.548. The second-order valence-electron chi connectivity index (χ2n) is 2.58. The van der Waals surface area contributed by atoms with Crippen molar-refractivity contribution < 1.29 is 4.84 Å². The van der Waals surface area contributed by atoms with Crippen LogP contribution in [-0.2, 0) is 11.4 Å². The number of nitrogens with zero attached hydrogens (tertiary/aromatic N) is 2. The van der Waals surface area contributed by atoms with E-state index >= 15 is 0 Å². The third-order valence-corrected chi connectivity index (χ3v) is 1.69. The van der Waals surface area contributed by atoms with E-state index in [0.29, 0.717) is 6.54 Å². The number of pyridine rings is 1. The molecule has 0 fully saturated rings. The van der Waals surface area contributed by atoms with E-state index in [1.165, 1.54) is 0 Å². The minimum Gasteiger partial charge on any atom is -0.339 e. The van der Waals surface area contributed by atoms with E-state index in [-0.39, 0.29) is 0 Å². The molecule has 2 N–H and O–H groups in total. The van der Waals surface area contributed by atoms with Gasteiger partial charge < -0.3 is 9.82 Å². The zero-order chi connectivity index (χ0) is 9.10. The van der Waals surface area contributed by atoms with Gasteiger partial charge in [-0.05, 0) is 12.1 Å². The summed E-state index contributed by atoms with van der Waals surface area (Å²) in [6.45, 7) is 0.548. The molecule has 0 aromatic carbocycles. The normalized spacial score (nSPS) is 10.8. The van der Waals surface area contributed by atoms with Gasteiger partial charge >= 0.3 is 0 Å². The second kappa shape index (κ2) is 3.51. The number of H-pyrrole nitrogens is 1. The highest BCUT2D eigenvalue weighted by atomic mass is 16.6. The Labute approximate surface area is 75.1 Å². The first-order valence-electron chi connectivity index (χ1n) is 3.95. The SMILES string of the molecule is CONCc1nc2ncccc2[nH]1. The van der Waals surface area contributed by atoms with Crippen molar-refractivity contribution in [1.82, 2.24) is 20.4 Å². The van der Waals surface area contributed by atoms with E-state index in [9.17, 15) is 0 Å². The molecule has 2 aromatic heterocycles. The summed E-state index contributed by atoms with van der Waals surface area (Å²) in [4.78, 5) is 16.2. The standard InChI is InChI=1S/C8H10N4O/c1-13-10-5-7-11-6-3-2-4-9-8(6)12-7/h2-4,10H,5H2,1H3,(H,9,11,12). The van der Waals surface area contributed by atoms with E-state index in [4.69, 9.17) is 4.84 Å². The highest BCUT2D eigenvalue weighted by Crippen LogP contribution is 2.06. The molecule has 5 heteroatoms. The van der Waals surface area contributed by atoms with Gasteiger partial charge in [-0.1, -0.05) is 0 Å². The molecule has 13 heavy (non-hydrogen) atoms. The Balaban J connectivity index is 2.28. The maximum Gasteiger partial charge on any atom is 0.177 e. The Kier molecular flexibility index (Phi) is 2.20. The lowest BCUT2D eigenvalue weighted by Gasteiger charge is -1.95. The van der Waals surface area contributed by atoms with Crippen molar-refractivity contribution >= 4 is 11.2 Å². The van der Waals surface area contributed by atoms with Crippen LogP contribution in [0.25, 0.3) is 11.2 Å². The molecule has 0 saturated carbocycles. The van der Waals surface area contributed by atoms with Gasteiger partial charge in [0.15, 0.2) is 5.65 Å². The van der Waals surface area contributed by atoms with Gasteiger partial charge in [0.1, 0.15) is 5.82 Å². The number of aromatic nitrogens is 3. The molecule has 2 rings (SSSR count). The van der Waals surface area contributed by atoms with Crippen LogP contribution >= 0.6 is 0 Å². The lowest BCUT2D eigenvalue weighted by molar-refractivity contribution is 0.0851. The molecule has 0 aliphatic heterocycles.